The zero-order valence-corrected chi connectivity index (χ0v) is 19.3. The maximum Gasteiger partial charge on any atom is 0.343 e. The monoisotopic (exact) mass is 461 g/mol. The normalized spacial score (nSPS) is 16.3. The van der Waals surface area contributed by atoms with Crippen molar-refractivity contribution in [3.8, 4) is 5.75 Å². The van der Waals surface area contributed by atoms with Gasteiger partial charge in [0.2, 0.25) is 0 Å². The summed E-state index contributed by atoms with van der Waals surface area (Å²) in [6.45, 7) is 3.10. The van der Waals surface area contributed by atoms with Gasteiger partial charge < -0.3 is 14.1 Å². The molecular formula is C28H28ClNO3. The molecule has 0 saturated carbocycles. The van der Waals surface area contributed by atoms with Crippen LogP contribution in [0.15, 0.2) is 89.5 Å². The van der Waals surface area contributed by atoms with E-state index in [1.165, 1.54) is 16.3 Å². The molecule has 1 aliphatic rings. The highest BCUT2D eigenvalue weighted by atomic mass is 35.5. The molecule has 1 atom stereocenters. The number of furan rings is 1. The number of nitrogens with zero attached hydrogens (tertiary/aromatic N) is 1. The van der Waals surface area contributed by atoms with Crippen LogP contribution in [0.4, 0.5) is 0 Å². The zero-order valence-electron chi connectivity index (χ0n) is 18.5. The second kappa shape index (κ2) is 10.7. The number of likely N-dealkylation sites (tertiary alicyclic amines) is 1. The number of hydrogen-bond acceptors (Lipinski definition) is 4. The molecule has 2 heterocycles. The van der Waals surface area contributed by atoms with Crippen molar-refractivity contribution in [2.45, 2.75) is 25.2 Å². The van der Waals surface area contributed by atoms with Crippen LogP contribution in [0.5, 0.6) is 5.75 Å². The van der Waals surface area contributed by atoms with Gasteiger partial charge in [-0.2, -0.15) is 0 Å². The maximum atomic E-state index is 12.4. The number of hydrogen-bond donors (Lipinski definition) is 0. The highest BCUT2D eigenvalue weighted by Crippen LogP contribution is 2.30. The number of piperidine rings is 1. The first-order valence-electron chi connectivity index (χ1n) is 11.3. The van der Waals surface area contributed by atoms with E-state index >= 15 is 0 Å². The lowest BCUT2D eigenvalue weighted by atomic mass is 9.90. The van der Waals surface area contributed by atoms with Crippen molar-refractivity contribution in [2.75, 3.05) is 19.6 Å². The molecule has 0 N–H and O–H groups in total. The van der Waals surface area contributed by atoms with Crippen molar-refractivity contribution in [1.82, 2.24) is 4.90 Å². The molecule has 5 heteroatoms. The van der Waals surface area contributed by atoms with Crippen LogP contribution < -0.4 is 4.74 Å². The molecule has 0 radical (unpaired) electrons. The lowest BCUT2D eigenvalue weighted by Crippen LogP contribution is -2.35. The van der Waals surface area contributed by atoms with E-state index in [0.29, 0.717) is 17.2 Å². The first kappa shape index (κ1) is 23.1. The number of benzene rings is 3. The summed E-state index contributed by atoms with van der Waals surface area (Å²) >= 11 is 0. The quantitative estimate of drug-likeness (QED) is 0.243. The minimum Gasteiger partial charge on any atom is -0.468 e. The second-order valence-corrected chi connectivity index (χ2v) is 8.46. The molecule has 1 unspecified atom stereocenters. The molecule has 0 amide bonds. The highest BCUT2D eigenvalue weighted by Gasteiger charge is 2.22. The van der Waals surface area contributed by atoms with E-state index in [1.807, 2.05) is 48.7 Å². The van der Waals surface area contributed by atoms with E-state index in [1.54, 1.807) is 12.1 Å². The first-order valence-corrected chi connectivity index (χ1v) is 11.3. The Labute approximate surface area is 200 Å². The molecule has 3 aromatic carbocycles. The Morgan fingerprint density at radius 3 is 2.70 bits per heavy atom. The van der Waals surface area contributed by atoms with Crippen LogP contribution in [-0.2, 0) is 6.42 Å². The van der Waals surface area contributed by atoms with Gasteiger partial charge in [-0.15, -0.1) is 12.4 Å². The van der Waals surface area contributed by atoms with Gasteiger partial charge in [0.15, 0.2) is 0 Å². The third-order valence-corrected chi connectivity index (χ3v) is 6.30. The van der Waals surface area contributed by atoms with Gasteiger partial charge in [0, 0.05) is 30.3 Å². The predicted molar refractivity (Wildman–Crippen MR) is 133 cm³/mol. The summed E-state index contributed by atoms with van der Waals surface area (Å²) in [6, 6.07) is 25.5. The zero-order chi connectivity index (χ0) is 21.8. The number of carbonyl (C=O) groups excluding carboxylic acids is 1. The van der Waals surface area contributed by atoms with E-state index < -0.39 is 0 Å². The SMILES string of the molecule is Cl.O=C(Oc1cccc(C2CCCN(CCc3occ4ccccc34)C2)c1)c1ccccc1. The summed E-state index contributed by atoms with van der Waals surface area (Å²) in [5.74, 6) is 1.79. The van der Waals surface area contributed by atoms with Crippen molar-refractivity contribution in [3.05, 3.63) is 102 Å². The Kier molecular flexibility index (Phi) is 7.48. The molecule has 0 bridgehead atoms. The number of ether oxygens (including phenoxy) is 1. The standard InChI is InChI=1S/C28H27NO3.ClH/c30-28(21-8-2-1-3-9-21)32-25-13-6-11-22(18-25)23-12-7-16-29(19-23)17-15-27-26-14-5-4-10-24(26)20-31-27;/h1-6,8-11,13-14,18,20,23H,7,12,15-17,19H2;1H. The van der Waals surface area contributed by atoms with Gasteiger partial charge in [-0.1, -0.05) is 54.6 Å². The van der Waals surface area contributed by atoms with Crippen LogP contribution in [0.2, 0.25) is 0 Å². The van der Waals surface area contributed by atoms with Crippen LogP contribution in [0.1, 0.15) is 40.4 Å². The van der Waals surface area contributed by atoms with Crippen LogP contribution in [0.25, 0.3) is 10.8 Å². The van der Waals surface area contributed by atoms with Gasteiger partial charge in [0.1, 0.15) is 11.5 Å². The fourth-order valence-electron chi connectivity index (χ4n) is 4.61. The summed E-state index contributed by atoms with van der Waals surface area (Å²) in [4.78, 5) is 14.9. The molecule has 1 saturated heterocycles. The van der Waals surface area contributed by atoms with Crippen LogP contribution in [0.3, 0.4) is 0 Å². The molecule has 1 aromatic heterocycles. The van der Waals surface area contributed by atoms with Crippen LogP contribution in [0, 0.1) is 0 Å². The van der Waals surface area contributed by atoms with Gasteiger partial charge in [-0.3, -0.25) is 0 Å². The van der Waals surface area contributed by atoms with Gasteiger partial charge in [0.05, 0.1) is 11.8 Å². The fourth-order valence-corrected chi connectivity index (χ4v) is 4.61. The van der Waals surface area contributed by atoms with Crippen LogP contribution >= 0.6 is 12.4 Å². The smallest absolute Gasteiger partial charge is 0.343 e. The molecule has 4 nitrogen and oxygen atoms in total. The number of fused-ring (bicyclic) bond motifs is 1. The Morgan fingerprint density at radius 1 is 1.00 bits per heavy atom. The van der Waals surface area contributed by atoms with Crippen molar-refractivity contribution >= 4 is 29.1 Å². The van der Waals surface area contributed by atoms with Gasteiger partial charge in [0.25, 0.3) is 0 Å². The van der Waals surface area contributed by atoms with Crippen molar-refractivity contribution < 1.29 is 13.9 Å². The maximum absolute atomic E-state index is 12.4. The molecule has 33 heavy (non-hydrogen) atoms. The van der Waals surface area contributed by atoms with Gasteiger partial charge in [-0.05, 0) is 55.1 Å². The van der Waals surface area contributed by atoms with E-state index in [0.717, 1.165) is 44.7 Å². The summed E-state index contributed by atoms with van der Waals surface area (Å²) in [5, 5.41) is 2.38. The topological polar surface area (TPSA) is 42.7 Å². The molecule has 0 aliphatic carbocycles. The van der Waals surface area contributed by atoms with Crippen molar-refractivity contribution in [2.24, 2.45) is 0 Å². The predicted octanol–water partition coefficient (Wildman–Crippen LogP) is 6.50. The Morgan fingerprint density at radius 2 is 1.82 bits per heavy atom. The first-order chi connectivity index (χ1) is 15.8. The molecule has 5 rings (SSSR count). The number of esters is 1. The average Bonchev–Trinajstić information content (AvgIpc) is 3.27. The van der Waals surface area contributed by atoms with E-state index in [2.05, 4.69) is 29.2 Å². The molecule has 0 spiro atoms. The van der Waals surface area contributed by atoms with E-state index in [4.69, 9.17) is 9.15 Å². The van der Waals surface area contributed by atoms with Crippen molar-refractivity contribution in [1.29, 1.82) is 0 Å². The van der Waals surface area contributed by atoms with Crippen LogP contribution in [-0.4, -0.2) is 30.5 Å². The number of halogens is 1. The third kappa shape index (κ3) is 5.47. The Bertz CT molecular complexity index is 1200. The number of carbonyl (C=O) groups is 1. The largest absolute Gasteiger partial charge is 0.468 e. The van der Waals surface area contributed by atoms with E-state index in [9.17, 15) is 4.79 Å². The van der Waals surface area contributed by atoms with E-state index in [-0.39, 0.29) is 18.4 Å². The lowest BCUT2D eigenvalue weighted by molar-refractivity contribution is 0.0734. The molecule has 4 aromatic rings. The molecular weight excluding hydrogens is 434 g/mol. The third-order valence-electron chi connectivity index (χ3n) is 6.30. The highest BCUT2D eigenvalue weighted by molar-refractivity contribution is 5.91. The summed E-state index contributed by atoms with van der Waals surface area (Å²) in [7, 11) is 0. The number of rotatable bonds is 6. The van der Waals surface area contributed by atoms with Crippen molar-refractivity contribution in [3.63, 3.8) is 0 Å². The Hall–Kier alpha value is -3.08. The van der Waals surface area contributed by atoms with Gasteiger partial charge >= 0.3 is 5.97 Å². The minimum atomic E-state index is -0.321. The second-order valence-electron chi connectivity index (χ2n) is 8.46. The average molecular weight is 462 g/mol. The Balaban J connectivity index is 0.00000259. The summed E-state index contributed by atoms with van der Waals surface area (Å²) in [5.41, 5.74) is 1.80. The summed E-state index contributed by atoms with van der Waals surface area (Å²) < 4.78 is 11.5. The molecule has 1 fully saturated rings. The molecule has 1 aliphatic heterocycles. The molecule has 170 valence electrons. The fraction of sp³-hybridized carbons (Fsp3) is 0.250. The lowest BCUT2D eigenvalue weighted by Gasteiger charge is -2.33. The summed E-state index contributed by atoms with van der Waals surface area (Å²) in [6.07, 6.45) is 5.08. The van der Waals surface area contributed by atoms with Gasteiger partial charge in [-0.25, -0.2) is 4.79 Å². The minimum absolute atomic E-state index is 0.